The Hall–Kier alpha value is -1.15. The molecule has 1 aromatic carbocycles. The third-order valence-electron chi connectivity index (χ3n) is 2.62. The van der Waals surface area contributed by atoms with Crippen molar-refractivity contribution in [1.29, 1.82) is 0 Å². The number of hydrogen-bond acceptors (Lipinski definition) is 3. The number of rotatable bonds is 3. The second kappa shape index (κ2) is 5.01. The van der Waals surface area contributed by atoms with Gasteiger partial charge in [0.15, 0.2) is 0 Å². The van der Waals surface area contributed by atoms with E-state index in [1.54, 1.807) is 12.1 Å². The number of halogens is 1. The lowest BCUT2D eigenvalue weighted by atomic mass is 10.0. The molecule has 1 saturated heterocycles. The standard InChI is InChI=1S/C11H11IN2O3/c12-7-1-2-9(8(3-7)11(16)17)14-10(15)6-4-13-5-6/h1-3,6,13H,4-5H2,(H,14,15)(H,16,17). The molecule has 1 fully saturated rings. The fourth-order valence-corrected chi connectivity index (χ4v) is 2.00. The van der Waals surface area contributed by atoms with Gasteiger partial charge in [0.2, 0.25) is 5.91 Å². The maximum Gasteiger partial charge on any atom is 0.337 e. The van der Waals surface area contributed by atoms with Crippen molar-refractivity contribution in [2.45, 2.75) is 0 Å². The van der Waals surface area contributed by atoms with Crippen LogP contribution in [0.15, 0.2) is 18.2 Å². The van der Waals surface area contributed by atoms with Gasteiger partial charge in [-0.15, -0.1) is 0 Å². The number of amides is 1. The van der Waals surface area contributed by atoms with Crippen LogP contribution in [-0.4, -0.2) is 30.1 Å². The third-order valence-corrected chi connectivity index (χ3v) is 3.29. The Morgan fingerprint density at radius 3 is 2.65 bits per heavy atom. The molecule has 0 atom stereocenters. The number of carbonyl (C=O) groups is 2. The number of nitrogens with one attached hydrogen (secondary N) is 2. The van der Waals surface area contributed by atoms with Gasteiger partial charge in [0.1, 0.15) is 0 Å². The molecule has 1 heterocycles. The fourth-order valence-electron chi connectivity index (χ4n) is 1.51. The molecule has 0 radical (unpaired) electrons. The molecule has 1 amide bonds. The van der Waals surface area contributed by atoms with Gasteiger partial charge in [-0.2, -0.15) is 0 Å². The van der Waals surface area contributed by atoms with Crippen LogP contribution in [0, 0.1) is 9.49 Å². The summed E-state index contributed by atoms with van der Waals surface area (Å²) >= 11 is 2.04. The Bertz CT molecular complexity index is 472. The molecular weight excluding hydrogens is 335 g/mol. The van der Waals surface area contributed by atoms with Crippen LogP contribution >= 0.6 is 22.6 Å². The number of carboxylic acid groups (broad SMARTS) is 1. The van der Waals surface area contributed by atoms with E-state index in [4.69, 9.17) is 5.11 Å². The zero-order valence-electron chi connectivity index (χ0n) is 8.87. The number of anilines is 1. The number of hydrogen-bond donors (Lipinski definition) is 3. The van der Waals surface area contributed by atoms with Crippen LogP contribution in [0.2, 0.25) is 0 Å². The molecule has 0 saturated carbocycles. The van der Waals surface area contributed by atoms with Crippen LogP contribution in [0.25, 0.3) is 0 Å². The Morgan fingerprint density at radius 1 is 1.41 bits per heavy atom. The first-order valence-electron chi connectivity index (χ1n) is 5.12. The van der Waals surface area contributed by atoms with Gasteiger partial charge in [-0.1, -0.05) is 0 Å². The summed E-state index contributed by atoms with van der Waals surface area (Å²) in [5.74, 6) is -1.23. The highest BCUT2D eigenvalue weighted by Crippen LogP contribution is 2.20. The van der Waals surface area contributed by atoms with Gasteiger partial charge in [-0.3, -0.25) is 4.79 Å². The van der Waals surface area contributed by atoms with Crippen molar-refractivity contribution < 1.29 is 14.7 Å². The molecule has 1 aromatic rings. The Labute approximate surface area is 112 Å². The number of carboxylic acids is 1. The number of carbonyl (C=O) groups excluding carboxylic acids is 1. The quantitative estimate of drug-likeness (QED) is 0.718. The lowest BCUT2D eigenvalue weighted by molar-refractivity contribution is -0.121. The summed E-state index contributed by atoms with van der Waals surface area (Å²) in [5, 5.41) is 14.7. The molecule has 5 nitrogen and oxygen atoms in total. The molecule has 90 valence electrons. The van der Waals surface area contributed by atoms with E-state index in [1.165, 1.54) is 6.07 Å². The third kappa shape index (κ3) is 2.75. The molecule has 17 heavy (non-hydrogen) atoms. The topological polar surface area (TPSA) is 78.4 Å². The summed E-state index contributed by atoms with van der Waals surface area (Å²) in [5.41, 5.74) is 0.479. The van der Waals surface area contributed by atoms with E-state index in [2.05, 4.69) is 10.6 Å². The van der Waals surface area contributed by atoms with Gasteiger partial charge in [0.25, 0.3) is 0 Å². The van der Waals surface area contributed by atoms with Crippen molar-refractivity contribution in [1.82, 2.24) is 5.32 Å². The van der Waals surface area contributed by atoms with Gasteiger partial charge >= 0.3 is 5.97 Å². The monoisotopic (exact) mass is 346 g/mol. The minimum atomic E-state index is -1.04. The molecule has 0 aromatic heterocycles. The predicted octanol–water partition coefficient (Wildman–Crippen LogP) is 1.15. The number of benzene rings is 1. The summed E-state index contributed by atoms with van der Waals surface area (Å²) in [6.07, 6.45) is 0. The van der Waals surface area contributed by atoms with Crippen molar-refractivity contribution >= 4 is 40.2 Å². The second-order valence-corrected chi connectivity index (χ2v) is 5.09. The highest BCUT2D eigenvalue weighted by Gasteiger charge is 2.25. The van der Waals surface area contributed by atoms with Gasteiger partial charge in [0.05, 0.1) is 17.2 Å². The largest absolute Gasteiger partial charge is 0.478 e. The summed E-state index contributed by atoms with van der Waals surface area (Å²) in [6.45, 7) is 1.30. The maximum atomic E-state index is 11.7. The van der Waals surface area contributed by atoms with Crippen LogP contribution < -0.4 is 10.6 Å². The van der Waals surface area contributed by atoms with E-state index in [1.807, 2.05) is 22.6 Å². The summed E-state index contributed by atoms with van der Waals surface area (Å²) < 4.78 is 0.823. The van der Waals surface area contributed by atoms with Gasteiger partial charge in [-0.25, -0.2) is 4.79 Å². The van der Waals surface area contributed by atoms with Crippen molar-refractivity contribution in [2.24, 2.45) is 5.92 Å². The molecule has 0 aliphatic carbocycles. The molecule has 1 aliphatic heterocycles. The van der Waals surface area contributed by atoms with Crippen molar-refractivity contribution in [2.75, 3.05) is 18.4 Å². The normalized spacial score (nSPS) is 15.1. The molecule has 3 N–H and O–H groups in total. The average molecular weight is 346 g/mol. The van der Waals surface area contributed by atoms with Crippen LogP contribution in [-0.2, 0) is 4.79 Å². The molecule has 0 spiro atoms. The van der Waals surface area contributed by atoms with Crippen molar-refractivity contribution in [3.05, 3.63) is 27.3 Å². The second-order valence-electron chi connectivity index (χ2n) is 3.84. The van der Waals surface area contributed by atoms with E-state index in [0.717, 1.165) is 3.57 Å². The van der Waals surface area contributed by atoms with Crippen molar-refractivity contribution in [3.63, 3.8) is 0 Å². The summed E-state index contributed by atoms with van der Waals surface area (Å²) in [7, 11) is 0. The molecular formula is C11H11IN2O3. The Morgan fingerprint density at radius 2 is 2.12 bits per heavy atom. The molecule has 1 aliphatic rings. The van der Waals surface area contributed by atoms with Gasteiger partial charge in [0, 0.05) is 16.7 Å². The minimum absolute atomic E-state index is 0.0593. The summed E-state index contributed by atoms with van der Waals surface area (Å²) in [4.78, 5) is 22.8. The molecule has 6 heteroatoms. The van der Waals surface area contributed by atoms with Crippen molar-refractivity contribution in [3.8, 4) is 0 Å². The smallest absolute Gasteiger partial charge is 0.337 e. The van der Waals surface area contributed by atoms with E-state index in [9.17, 15) is 9.59 Å². The lowest BCUT2D eigenvalue weighted by Crippen LogP contribution is -2.48. The highest BCUT2D eigenvalue weighted by atomic mass is 127. The molecule has 0 unspecified atom stereocenters. The lowest BCUT2D eigenvalue weighted by Gasteiger charge is -2.26. The Kier molecular flexibility index (Phi) is 3.63. The van der Waals surface area contributed by atoms with E-state index in [-0.39, 0.29) is 17.4 Å². The summed E-state index contributed by atoms with van der Waals surface area (Å²) in [6, 6.07) is 4.92. The van der Waals surface area contributed by atoms with E-state index in [0.29, 0.717) is 18.8 Å². The average Bonchev–Trinajstić information content (AvgIpc) is 2.17. The zero-order valence-corrected chi connectivity index (χ0v) is 11.0. The van der Waals surface area contributed by atoms with Crippen LogP contribution in [0.3, 0.4) is 0 Å². The Balaban J connectivity index is 2.19. The van der Waals surface area contributed by atoms with E-state index >= 15 is 0 Å². The molecule has 2 rings (SSSR count). The predicted molar refractivity (Wildman–Crippen MR) is 71.1 cm³/mol. The van der Waals surface area contributed by atoms with Gasteiger partial charge in [-0.05, 0) is 40.8 Å². The van der Waals surface area contributed by atoms with Gasteiger partial charge < -0.3 is 15.7 Å². The SMILES string of the molecule is O=C(O)c1cc(I)ccc1NC(=O)C1CNC1. The first-order chi connectivity index (χ1) is 8.08. The van der Waals surface area contributed by atoms with Crippen LogP contribution in [0.4, 0.5) is 5.69 Å². The minimum Gasteiger partial charge on any atom is -0.478 e. The van der Waals surface area contributed by atoms with Crippen LogP contribution in [0.1, 0.15) is 10.4 Å². The maximum absolute atomic E-state index is 11.7. The fraction of sp³-hybridized carbons (Fsp3) is 0.273. The van der Waals surface area contributed by atoms with E-state index < -0.39 is 5.97 Å². The highest BCUT2D eigenvalue weighted by molar-refractivity contribution is 14.1. The molecule has 0 bridgehead atoms. The van der Waals surface area contributed by atoms with Crippen LogP contribution in [0.5, 0.6) is 0 Å². The first kappa shape index (κ1) is 12.3. The number of aromatic carboxylic acids is 1. The first-order valence-corrected chi connectivity index (χ1v) is 6.20. The zero-order chi connectivity index (χ0) is 12.4.